The van der Waals surface area contributed by atoms with Crippen LogP contribution in [-0.4, -0.2) is 9.36 Å². The predicted octanol–water partition coefficient (Wildman–Crippen LogP) is 2.36. The Kier molecular flexibility index (Phi) is 1.48. The highest BCUT2D eigenvalue weighted by Gasteiger charge is 2.27. The molecule has 11 heavy (non-hydrogen) atoms. The van der Waals surface area contributed by atoms with Crippen molar-refractivity contribution in [3.63, 3.8) is 0 Å². The highest BCUT2D eigenvalue weighted by Crippen LogP contribution is 2.39. The van der Waals surface area contributed by atoms with E-state index in [0.717, 1.165) is 17.4 Å². The Morgan fingerprint density at radius 1 is 1.64 bits per heavy atom. The Morgan fingerprint density at radius 3 is 3.09 bits per heavy atom. The van der Waals surface area contributed by atoms with Crippen molar-refractivity contribution in [1.29, 1.82) is 0 Å². The van der Waals surface area contributed by atoms with E-state index in [1.54, 1.807) is 0 Å². The molecule has 1 aliphatic rings. The number of aromatic nitrogens is 2. The van der Waals surface area contributed by atoms with Gasteiger partial charge in [-0.15, -0.1) is 0 Å². The van der Waals surface area contributed by atoms with Crippen LogP contribution < -0.4 is 0 Å². The molecule has 0 aliphatic heterocycles. The molecule has 0 unspecified atom stereocenters. The van der Waals surface area contributed by atoms with Gasteiger partial charge in [0.1, 0.15) is 5.82 Å². The second-order valence-electron chi connectivity index (χ2n) is 2.40. The van der Waals surface area contributed by atoms with Crippen LogP contribution in [0.25, 0.3) is 10.4 Å². The summed E-state index contributed by atoms with van der Waals surface area (Å²) in [7, 11) is 0. The summed E-state index contributed by atoms with van der Waals surface area (Å²) >= 11 is 1.16. The molecule has 1 saturated carbocycles. The lowest BCUT2D eigenvalue weighted by Gasteiger charge is -1.80. The first-order chi connectivity index (χ1) is 5.40. The van der Waals surface area contributed by atoms with Gasteiger partial charge >= 0.3 is 0 Å². The van der Waals surface area contributed by atoms with Crippen LogP contribution in [0.15, 0.2) is 5.11 Å². The molecule has 0 spiro atoms. The van der Waals surface area contributed by atoms with Crippen molar-refractivity contribution in [2.45, 2.75) is 18.8 Å². The molecule has 0 radical (unpaired) electrons. The molecular weight excluding hydrogens is 162 g/mol. The standard InChI is InChI=1S/C5H5N5S/c6-10-8-5-7-4(9-11-5)3-1-2-3/h3H,1-2H2. The van der Waals surface area contributed by atoms with Gasteiger partial charge in [0, 0.05) is 10.8 Å². The normalized spacial score (nSPS) is 16.0. The van der Waals surface area contributed by atoms with Crippen LogP contribution in [0.3, 0.4) is 0 Å². The van der Waals surface area contributed by atoms with Crippen LogP contribution in [0.4, 0.5) is 5.13 Å². The summed E-state index contributed by atoms with van der Waals surface area (Å²) in [6.07, 6.45) is 2.35. The Labute approximate surface area is 66.9 Å². The van der Waals surface area contributed by atoms with Crippen LogP contribution in [0.5, 0.6) is 0 Å². The molecule has 0 amide bonds. The minimum absolute atomic E-state index is 0.425. The zero-order valence-corrected chi connectivity index (χ0v) is 6.45. The Balaban J connectivity index is 2.24. The summed E-state index contributed by atoms with van der Waals surface area (Å²) in [5.41, 5.74) is 8.08. The van der Waals surface area contributed by atoms with Crippen LogP contribution in [-0.2, 0) is 0 Å². The second-order valence-corrected chi connectivity index (χ2v) is 3.13. The summed E-state index contributed by atoms with van der Waals surface area (Å²) < 4.78 is 4.06. The lowest BCUT2D eigenvalue weighted by atomic mass is 10.4. The third kappa shape index (κ3) is 1.31. The quantitative estimate of drug-likeness (QED) is 0.385. The largest absolute Gasteiger partial charge is 0.218 e. The van der Waals surface area contributed by atoms with Crippen LogP contribution in [0.1, 0.15) is 24.6 Å². The van der Waals surface area contributed by atoms with Gasteiger partial charge in [0.15, 0.2) is 5.13 Å². The van der Waals surface area contributed by atoms with Crippen molar-refractivity contribution in [3.8, 4) is 0 Å². The molecule has 1 heterocycles. The van der Waals surface area contributed by atoms with Gasteiger partial charge in [-0.1, -0.05) is 0 Å². The Hall–Kier alpha value is -1.13. The number of azide groups is 1. The van der Waals surface area contributed by atoms with Crippen LogP contribution in [0, 0.1) is 0 Å². The van der Waals surface area contributed by atoms with Crippen LogP contribution >= 0.6 is 11.5 Å². The van der Waals surface area contributed by atoms with Gasteiger partial charge < -0.3 is 0 Å². The molecule has 0 N–H and O–H groups in total. The SMILES string of the molecule is [N-]=[N+]=Nc1nc(C2CC2)ns1. The maximum absolute atomic E-state index is 8.08. The van der Waals surface area contributed by atoms with E-state index in [-0.39, 0.29) is 0 Å². The summed E-state index contributed by atoms with van der Waals surface area (Å²) in [6.45, 7) is 0. The molecule has 1 aromatic rings. The van der Waals surface area contributed by atoms with E-state index in [1.807, 2.05) is 0 Å². The highest BCUT2D eigenvalue weighted by molar-refractivity contribution is 7.09. The zero-order valence-electron chi connectivity index (χ0n) is 5.64. The average Bonchev–Trinajstić information content (AvgIpc) is 2.75. The maximum Gasteiger partial charge on any atom is 0.200 e. The lowest BCUT2D eigenvalue weighted by Crippen LogP contribution is -1.78. The van der Waals surface area contributed by atoms with E-state index in [4.69, 9.17) is 5.53 Å². The van der Waals surface area contributed by atoms with E-state index in [9.17, 15) is 0 Å². The Bertz CT molecular complexity index is 308. The molecule has 0 atom stereocenters. The van der Waals surface area contributed by atoms with Crippen molar-refractivity contribution >= 4 is 16.7 Å². The molecule has 0 saturated heterocycles. The van der Waals surface area contributed by atoms with Crippen molar-refractivity contribution in [2.75, 3.05) is 0 Å². The van der Waals surface area contributed by atoms with E-state index in [1.165, 1.54) is 12.8 Å². The molecule has 56 valence electrons. The minimum atomic E-state index is 0.425. The number of nitrogens with zero attached hydrogens (tertiary/aromatic N) is 5. The molecule has 1 aromatic heterocycles. The smallest absolute Gasteiger partial charge is 0.200 e. The number of hydrogen-bond acceptors (Lipinski definition) is 4. The van der Waals surface area contributed by atoms with Gasteiger partial charge in [-0.05, 0) is 35.0 Å². The fraction of sp³-hybridized carbons (Fsp3) is 0.600. The van der Waals surface area contributed by atoms with E-state index < -0.39 is 0 Å². The first-order valence-corrected chi connectivity index (χ1v) is 4.06. The molecule has 1 aliphatic carbocycles. The summed E-state index contributed by atoms with van der Waals surface area (Å²) in [6, 6.07) is 0. The van der Waals surface area contributed by atoms with E-state index >= 15 is 0 Å². The first kappa shape index (κ1) is 6.57. The van der Waals surface area contributed by atoms with Crippen molar-refractivity contribution < 1.29 is 0 Å². The molecule has 5 nitrogen and oxygen atoms in total. The van der Waals surface area contributed by atoms with E-state index in [0.29, 0.717) is 11.0 Å². The van der Waals surface area contributed by atoms with Crippen molar-refractivity contribution in [1.82, 2.24) is 9.36 Å². The summed E-state index contributed by atoms with van der Waals surface area (Å²) in [5.74, 6) is 1.38. The van der Waals surface area contributed by atoms with Gasteiger partial charge in [0.2, 0.25) is 0 Å². The Morgan fingerprint density at radius 2 is 2.45 bits per heavy atom. The number of hydrogen-bond donors (Lipinski definition) is 0. The van der Waals surface area contributed by atoms with E-state index in [2.05, 4.69) is 19.4 Å². The molecule has 0 bridgehead atoms. The molecule has 6 heteroatoms. The van der Waals surface area contributed by atoms with Crippen LogP contribution in [0.2, 0.25) is 0 Å². The average molecular weight is 167 g/mol. The predicted molar refractivity (Wildman–Crippen MR) is 40.7 cm³/mol. The van der Waals surface area contributed by atoms with Gasteiger partial charge in [-0.2, -0.15) is 4.37 Å². The highest BCUT2D eigenvalue weighted by atomic mass is 32.1. The lowest BCUT2D eigenvalue weighted by molar-refractivity contribution is 0.984. The van der Waals surface area contributed by atoms with Gasteiger partial charge in [0.25, 0.3) is 0 Å². The summed E-state index contributed by atoms with van der Waals surface area (Å²) in [5, 5.41) is 3.79. The van der Waals surface area contributed by atoms with Gasteiger partial charge in [-0.3, -0.25) is 0 Å². The second kappa shape index (κ2) is 2.48. The zero-order chi connectivity index (χ0) is 7.68. The number of rotatable bonds is 2. The third-order valence-corrected chi connectivity index (χ3v) is 2.12. The monoisotopic (exact) mass is 167 g/mol. The summed E-state index contributed by atoms with van der Waals surface area (Å²) in [4.78, 5) is 6.68. The molecule has 1 fully saturated rings. The van der Waals surface area contributed by atoms with Gasteiger partial charge in [-0.25, -0.2) is 4.98 Å². The fourth-order valence-electron chi connectivity index (χ4n) is 0.813. The first-order valence-electron chi connectivity index (χ1n) is 3.29. The van der Waals surface area contributed by atoms with Crippen molar-refractivity contribution in [2.24, 2.45) is 5.11 Å². The molecule has 0 aromatic carbocycles. The topological polar surface area (TPSA) is 74.5 Å². The molecule has 2 rings (SSSR count). The minimum Gasteiger partial charge on any atom is -0.218 e. The van der Waals surface area contributed by atoms with Gasteiger partial charge in [0.05, 0.1) is 0 Å². The maximum atomic E-state index is 8.08. The fourth-order valence-corrected chi connectivity index (χ4v) is 1.39. The molecular formula is C5H5N5S. The third-order valence-electron chi connectivity index (χ3n) is 1.50. The van der Waals surface area contributed by atoms with Crippen molar-refractivity contribution in [3.05, 3.63) is 16.3 Å².